The molecule has 29 heavy (non-hydrogen) atoms. The van der Waals surface area contributed by atoms with Crippen LogP contribution >= 0.6 is 11.6 Å². The molecule has 1 heterocycles. The van der Waals surface area contributed by atoms with Gasteiger partial charge in [0.2, 0.25) is 0 Å². The fourth-order valence-corrected chi connectivity index (χ4v) is 5.38. The van der Waals surface area contributed by atoms with E-state index in [1.165, 1.54) is 23.1 Å². The van der Waals surface area contributed by atoms with Crippen molar-refractivity contribution in [1.29, 1.82) is 0 Å². The van der Waals surface area contributed by atoms with Gasteiger partial charge in [0.25, 0.3) is 5.91 Å². The van der Waals surface area contributed by atoms with Crippen molar-refractivity contribution in [3.05, 3.63) is 64.9 Å². The summed E-state index contributed by atoms with van der Waals surface area (Å²) >= 11 is 5.87. The van der Waals surface area contributed by atoms with Gasteiger partial charge in [0.05, 0.1) is 11.0 Å². The van der Waals surface area contributed by atoms with Gasteiger partial charge in [-0.2, -0.15) is 0 Å². The van der Waals surface area contributed by atoms with Gasteiger partial charge in [-0.05, 0) is 50.6 Å². The zero-order valence-electron chi connectivity index (χ0n) is 16.3. The molecule has 5 nitrogen and oxygen atoms in total. The predicted molar refractivity (Wildman–Crippen MR) is 110 cm³/mol. The number of carbonyl (C=O) groups is 1. The smallest absolute Gasteiger partial charge is 0.266 e. The first kappa shape index (κ1) is 21.6. The third-order valence-electron chi connectivity index (χ3n) is 4.98. The Morgan fingerprint density at radius 2 is 1.79 bits per heavy atom. The van der Waals surface area contributed by atoms with Crippen LogP contribution in [0.5, 0.6) is 5.75 Å². The molecule has 1 unspecified atom stereocenters. The van der Waals surface area contributed by atoms with E-state index >= 15 is 0 Å². The number of sulfone groups is 1. The van der Waals surface area contributed by atoms with Crippen molar-refractivity contribution in [3.8, 4) is 5.75 Å². The molecular weight excluding hydrogens is 417 g/mol. The summed E-state index contributed by atoms with van der Waals surface area (Å²) in [5, 5.41) is -0.416. The number of hydrogen-bond donors (Lipinski definition) is 0. The first-order valence-electron chi connectivity index (χ1n) is 9.30. The molecule has 0 aromatic heterocycles. The Morgan fingerprint density at radius 3 is 2.45 bits per heavy atom. The highest BCUT2D eigenvalue weighted by Gasteiger charge is 2.39. The highest BCUT2D eigenvalue weighted by Crippen LogP contribution is 2.32. The van der Waals surface area contributed by atoms with Crippen molar-refractivity contribution in [2.75, 3.05) is 18.8 Å². The second-order valence-corrected chi connectivity index (χ2v) is 10.3. The van der Waals surface area contributed by atoms with Gasteiger partial charge in [-0.3, -0.25) is 4.79 Å². The van der Waals surface area contributed by atoms with Crippen LogP contribution < -0.4 is 4.74 Å². The molecule has 3 rings (SSSR count). The maximum atomic E-state index is 14.2. The molecule has 1 saturated heterocycles. The minimum absolute atomic E-state index is 0.0412. The van der Waals surface area contributed by atoms with Crippen LogP contribution in [0.2, 0.25) is 5.02 Å². The van der Waals surface area contributed by atoms with E-state index in [1.807, 2.05) is 0 Å². The number of rotatable bonds is 4. The normalized spacial score (nSPS) is 19.4. The van der Waals surface area contributed by atoms with Crippen molar-refractivity contribution in [2.24, 2.45) is 0 Å². The Balaban J connectivity index is 1.77. The van der Waals surface area contributed by atoms with Gasteiger partial charge < -0.3 is 9.64 Å². The average molecular weight is 440 g/mol. The van der Waals surface area contributed by atoms with E-state index in [4.69, 9.17) is 16.3 Å². The summed E-state index contributed by atoms with van der Waals surface area (Å²) in [5.74, 6) is -0.613. The van der Waals surface area contributed by atoms with Crippen LogP contribution in [-0.2, 0) is 14.6 Å². The van der Waals surface area contributed by atoms with Crippen LogP contribution in [0.1, 0.15) is 31.1 Å². The quantitative estimate of drug-likeness (QED) is 0.721. The molecule has 2 aromatic carbocycles. The summed E-state index contributed by atoms with van der Waals surface area (Å²) in [7, 11) is -3.60. The van der Waals surface area contributed by atoms with Crippen molar-refractivity contribution in [2.45, 2.75) is 31.1 Å². The molecule has 1 atom stereocenters. The Hall–Kier alpha value is -2.12. The van der Waals surface area contributed by atoms with Gasteiger partial charge in [-0.25, -0.2) is 12.8 Å². The largest absolute Gasteiger partial charge is 0.478 e. The summed E-state index contributed by atoms with van der Waals surface area (Å²) in [6.07, 6.45) is 0.131. The Bertz CT molecular complexity index is 992. The van der Waals surface area contributed by atoms with E-state index in [-0.39, 0.29) is 36.7 Å². The first-order chi connectivity index (χ1) is 13.6. The monoisotopic (exact) mass is 439 g/mol. The van der Waals surface area contributed by atoms with Crippen molar-refractivity contribution in [3.63, 3.8) is 0 Å². The van der Waals surface area contributed by atoms with Gasteiger partial charge in [0, 0.05) is 23.7 Å². The van der Waals surface area contributed by atoms with Crippen LogP contribution in [0.25, 0.3) is 0 Å². The van der Waals surface area contributed by atoms with Crippen LogP contribution in [0.4, 0.5) is 4.39 Å². The number of nitrogens with zero attached hydrogens (tertiary/aromatic N) is 1. The second kappa shape index (κ2) is 8.32. The van der Waals surface area contributed by atoms with E-state index < -0.39 is 26.5 Å². The molecule has 1 aliphatic heterocycles. The highest BCUT2D eigenvalue weighted by atomic mass is 35.5. The van der Waals surface area contributed by atoms with Crippen molar-refractivity contribution < 1.29 is 22.3 Å². The third-order valence-corrected chi connectivity index (χ3v) is 7.34. The van der Waals surface area contributed by atoms with E-state index in [2.05, 4.69) is 0 Å². The second-order valence-electron chi connectivity index (χ2n) is 7.52. The molecular formula is C21H23ClFNO4S. The molecule has 1 fully saturated rings. The number of carbonyl (C=O) groups excluding carboxylic acids is 1. The lowest BCUT2D eigenvalue weighted by Gasteiger charge is -2.31. The van der Waals surface area contributed by atoms with Crippen molar-refractivity contribution in [1.82, 2.24) is 4.90 Å². The molecule has 0 radical (unpaired) electrons. The van der Waals surface area contributed by atoms with E-state index in [0.717, 1.165) is 0 Å². The van der Waals surface area contributed by atoms with Gasteiger partial charge in [-0.15, -0.1) is 0 Å². The fraction of sp³-hybridized carbons (Fsp3) is 0.381. The Morgan fingerprint density at radius 1 is 1.14 bits per heavy atom. The van der Waals surface area contributed by atoms with Crippen LogP contribution in [-0.4, -0.2) is 43.7 Å². The van der Waals surface area contributed by atoms with E-state index in [1.54, 1.807) is 44.2 Å². The third kappa shape index (κ3) is 4.90. The van der Waals surface area contributed by atoms with Gasteiger partial charge >= 0.3 is 0 Å². The summed E-state index contributed by atoms with van der Waals surface area (Å²) in [5.41, 5.74) is -1.05. The molecule has 0 spiro atoms. The molecule has 1 amide bonds. The minimum Gasteiger partial charge on any atom is -0.478 e. The summed E-state index contributed by atoms with van der Waals surface area (Å²) in [6, 6.07) is 12.5. The zero-order valence-corrected chi connectivity index (χ0v) is 17.8. The topological polar surface area (TPSA) is 63.7 Å². The SMILES string of the molecule is CC(C)(Oc1ccc(Cl)cc1)C(=O)N1CCC(c2ccccc2F)S(=O)(=O)CC1. The number of benzene rings is 2. The predicted octanol–water partition coefficient (Wildman–Crippen LogP) is 4.02. The molecule has 8 heteroatoms. The molecule has 2 aromatic rings. The van der Waals surface area contributed by atoms with Crippen LogP contribution in [0.15, 0.2) is 48.5 Å². The Kier molecular flexibility index (Phi) is 6.19. The zero-order chi connectivity index (χ0) is 21.2. The minimum atomic E-state index is -3.60. The maximum absolute atomic E-state index is 14.2. The molecule has 1 aliphatic rings. The molecule has 0 aliphatic carbocycles. The van der Waals surface area contributed by atoms with Crippen molar-refractivity contribution >= 4 is 27.3 Å². The van der Waals surface area contributed by atoms with Gasteiger partial charge in [0.15, 0.2) is 15.4 Å². The van der Waals surface area contributed by atoms with Crippen LogP contribution in [0, 0.1) is 5.82 Å². The maximum Gasteiger partial charge on any atom is 0.266 e. The first-order valence-corrected chi connectivity index (χ1v) is 11.4. The summed E-state index contributed by atoms with van der Waals surface area (Å²) in [6.45, 7) is 3.51. The molecule has 0 N–H and O–H groups in total. The lowest BCUT2D eigenvalue weighted by atomic mass is 10.1. The van der Waals surface area contributed by atoms with Crippen LogP contribution in [0.3, 0.4) is 0 Å². The van der Waals surface area contributed by atoms with E-state index in [9.17, 15) is 17.6 Å². The Labute approximate surface area is 175 Å². The number of hydrogen-bond acceptors (Lipinski definition) is 4. The lowest BCUT2D eigenvalue weighted by molar-refractivity contribution is -0.145. The average Bonchev–Trinajstić information content (AvgIpc) is 2.81. The van der Waals surface area contributed by atoms with E-state index in [0.29, 0.717) is 10.8 Å². The number of ether oxygens (including phenoxy) is 1. The fourth-order valence-electron chi connectivity index (χ4n) is 3.45. The number of halogens is 2. The number of amides is 1. The molecule has 0 saturated carbocycles. The molecule has 156 valence electrons. The lowest BCUT2D eigenvalue weighted by Crippen LogP contribution is -2.49. The highest BCUT2D eigenvalue weighted by molar-refractivity contribution is 7.91. The van der Waals surface area contributed by atoms with Gasteiger partial charge in [0.1, 0.15) is 11.6 Å². The standard InChI is InChI=1S/C21H23ClFNO4S/c1-21(2,28-16-9-7-15(22)8-10-16)20(25)24-12-11-19(29(26,27)14-13-24)17-5-3-4-6-18(17)23/h3-10,19H,11-14H2,1-2H3. The van der Waals surface area contributed by atoms with Gasteiger partial charge in [-0.1, -0.05) is 29.8 Å². The molecule has 0 bridgehead atoms. The summed E-state index contributed by atoms with van der Waals surface area (Å²) in [4.78, 5) is 14.6. The summed E-state index contributed by atoms with van der Waals surface area (Å²) < 4.78 is 45.5.